The normalized spacial score (nSPS) is 14.7. The van der Waals surface area contributed by atoms with Crippen molar-refractivity contribution in [3.63, 3.8) is 0 Å². The third-order valence-corrected chi connectivity index (χ3v) is 9.00. The fourth-order valence-corrected chi connectivity index (χ4v) is 6.90. The average molecular weight is 847 g/mol. The van der Waals surface area contributed by atoms with E-state index >= 15 is 0 Å². The maximum Gasteiger partial charge on any atom is 0.673 e. The fraction of sp³-hybridized carbons (Fsp3) is 0.378. The minimum atomic E-state index is -6.00. The van der Waals surface area contributed by atoms with Gasteiger partial charge < -0.3 is 22.2 Å². The Balaban J connectivity index is 0.000000347. The molecule has 0 amide bonds. The van der Waals surface area contributed by atoms with Gasteiger partial charge >= 0.3 is 7.25 Å². The molecule has 0 unspecified atom stereocenters. The Labute approximate surface area is 296 Å². The molecule has 0 spiro atoms. The quantitative estimate of drug-likeness (QED) is 0.134. The van der Waals surface area contributed by atoms with Gasteiger partial charge in [0.1, 0.15) is 13.0 Å². The van der Waals surface area contributed by atoms with Crippen LogP contribution >= 0.6 is 7.92 Å². The second kappa shape index (κ2) is 24.0. The monoisotopic (exact) mass is 847 g/mol. The Hall–Kier alpha value is -2.21. The molecule has 5 rings (SSSR count). The van der Waals surface area contributed by atoms with Crippen molar-refractivity contribution in [1.82, 2.24) is 9.91 Å². The molecule has 1 heterocycles. The van der Waals surface area contributed by atoms with Gasteiger partial charge in [-0.05, 0) is 87.0 Å². The van der Waals surface area contributed by atoms with E-state index in [9.17, 15) is 17.3 Å². The summed E-state index contributed by atoms with van der Waals surface area (Å²) in [4.78, 5) is 2.29. The molecule has 1 aliphatic heterocycles. The summed E-state index contributed by atoms with van der Waals surface area (Å²) in [6.45, 7) is 12.1. The second-order valence-electron chi connectivity index (χ2n) is 12.2. The first-order valence-electron chi connectivity index (χ1n) is 16.1. The van der Waals surface area contributed by atoms with Crippen LogP contribution in [-0.2, 0) is 20.1 Å². The zero-order valence-corrected chi connectivity index (χ0v) is 31.4. The van der Waals surface area contributed by atoms with Gasteiger partial charge in [0.25, 0.3) is 0 Å². The Morgan fingerprint density at radius 3 is 1.36 bits per heavy atom. The number of hydrazone groups is 1. The van der Waals surface area contributed by atoms with Gasteiger partial charge in [0, 0.05) is 33.2 Å². The molecule has 10 heteroatoms. The Kier molecular flexibility index (Phi) is 21.9. The molecule has 3 aromatic carbocycles. The van der Waals surface area contributed by atoms with E-state index in [4.69, 9.17) is 0 Å². The zero-order chi connectivity index (χ0) is 33.7. The first kappa shape index (κ1) is 42.8. The van der Waals surface area contributed by atoms with Crippen molar-refractivity contribution in [2.45, 2.75) is 66.2 Å². The zero-order valence-electron chi connectivity index (χ0n) is 28.1. The predicted octanol–water partition coefficient (Wildman–Crippen LogP) is 9.47. The number of unbranched alkanes of at least 4 members (excludes halogenated alkanes) is 1. The third-order valence-electron chi connectivity index (χ3n) is 6.56. The predicted molar refractivity (Wildman–Crippen MR) is 192 cm³/mol. The molecule has 3 aromatic rings. The number of benzene rings is 3. The molecule has 0 N–H and O–H groups in total. The van der Waals surface area contributed by atoms with Gasteiger partial charge in [-0.3, -0.25) is 5.01 Å². The van der Waals surface area contributed by atoms with Crippen molar-refractivity contribution >= 4 is 37.4 Å². The molecule has 0 aromatic heterocycles. The van der Waals surface area contributed by atoms with Crippen LogP contribution in [0.25, 0.3) is 0 Å². The third kappa shape index (κ3) is 21.4. The van der Waals surface area contributed by atoms with Crippen LogP contribution in [0.1, 0.15) is 66.2 Å². The standard InChI is InChI=1S/C18H15P.C11H23N3.C8H12.BF4.Ir/c1-4-10-16(11-5-1)19(17-12-6-2-7-13-17)18-14-8-3-9-15-18;1-5-6-7-13-9-12-14(10-13)8-11(2,3)4;1-2-4-6-8-7-5-3-1;2-1(3,4)5;/h1-15H;9H,5-8,10H2,1-4H3;1-2,7-8H,3-6H2;;/q;;;-1;. The van der Waals surface area contributed by atoms with Crippen LogP contribution in [0, 0.1) is 31.1 Å². The maximum absolute atomic E-state index is 9.75. The molecule has 2 aliphatic rings. The van der Waals surface area contributed by atoms with E-state index in [1.807, 2.05) is 6.34 Å². The number of rotatable bonds is 7. The molecule has 1 fully saturated rings. The van der Waals surface area contributed by atoms with Crippen LogP contribution in [0.4, 0.5) is 17.3 Å². The Morgan fingerprint density at radius 1 is 0.681 bits per heavy atom. The molecule has 0 saturated heterocycles. The minimum absolute atomic E-state index is 0. The van der Waals surface area contributed by atoms with Crippen LogP contribution in [0.5, 0.6) is 0 Å². The first-order valence-corrected chi connectivity index (χ1v) is 17.5. The second-order valence-corrected chi connectivity index (χ2v) is 14.4. The molecule has 1 saturated carbocycles. The average Bonchev–Trinajstić information content (AvgIpc) is 3.43. The van der Waals surface area contributed by atoms with Crippen LogP contribution in [0.15, 0.2) is 96.1 Å². The van der Waals surface area contributed by atoms with Crippen LogP contribution in [0.3, 0.4) is 0 Å². The van der Waals surface area contributed by atoms with Crippen molar-refractivity contribution in [2.24, 2.45) is 10.5 Å². The maximum atomic E-state index is 9.75. The number of nitrogens with zero attached hydrogens (tertiary/aromatic N) is 3. The molecule has 0 bridgehead atoms. The van der Waals surface area contributed by atoms with Gasteiger partial charge in [0.05, 0.1) is 0 Å². The van der Waals surface area contributed by atoms with E-state index < -0.39 is 15.2 Å². The molecule has 1 aliphatic carbocycles. The smallest absolute Gasteiger partial charge is 0.418 e. The first-order chi connectivity index (χ1) is 22.0. The fourth-order valence-electron chi connectivity index (χ4n) is 4.59. The summed E-state index contributed by atoms with van der Waals surface area (Å²) < 4.78 is 39.0. The molecule has 3 nitrogen and oxygen atoms in total. The number of hydrogen-bond donors (Lipinski definition) is 0. The van der Waals surface area contributed by atoms with Gasteiger partial charge in [-0.25, -0.2) is 0 Å². The van der Waals surface area contributed by atoms with E-state index in [2.05, 4.69) is 159 Å². The number of hydrogen-bond acceptors (Lipinski definition) is 3. The van der Waals surface area contributed by atoms with E-state index in [0.29, 0.717) is 5.41 Å². The number of halogens is 4. The minimum Gasteiger partial charge on any atom is -0.418 e. The summed E-state index contributed by atoms with van der Waals surface area (Å²) in [5, 5.41) is 10.7. The van der Waals surface area contributed by atoms with Crippen molar-refractivity contribution in [3.05, 3.63) is 117 Å². The van der Waals surface area contributed by atoms with E-state index in [-0.39, 0.29) is 20.1 Å². The van der Waals surface area contributed by atoms with E-state index in [1.54, 1.807) is 0 Å². The summed E-state index contributed by atoms with van der Waals surface area (Å²) in [6.07, 6.45) is 18.5. The Bertz CT molecular complexity index is 1080. The van der Waals surface area contributed by atoms with Crippen molar-refractivity contribution in [3.8, 4) is 0 Å². The van der Waals surface area contributed by atoms with Gasteiger partial charge in [0.2, 0.25) is 0 Å². The molecular formula is C37H50BF4IrN3P-. The SMILES string of the molecule is CCCCN1C=NN(CC(C)(C)C)C1.F[B-](F)(F)F.[CH]1[CH]CC[CH][CH]CC1.[Ir].c1ccc(P(c2ccccc2)c2ccccc2)cc1. The van der Waals surface area contributed by atoms with Crippen molar-refractivity contribution in [2.75, 3.05) is 19.8 Å². The largest absolute Gasteiger partial charge is 0.673 e. The van der Waals surface area contributed by atoms with E-state index in [0.717, 1.165) is 19.8 Å². The molecule has 47 heavy (non-hydrogen) atoms. The summed E-state index contributed by atoms with van der Waals surface area (Å²) in [5.41, 5.74) is 0.331. The summed E-state index contributed by atoms with van der Waals surface area (Å²) in [6, 6.07) is 32.3. The van der Waals surface area contributed by atoms with Crippen LogP contribution in [-0.4, -0.2) is 43.3 Å². The molecular weight excluding hydrogens is 796 g/mol. The van der Waals surface area contributed by atoms with E-state index in [1.165, 1.54) is 54.4 Å². The van der Waals surface area contributed by atoms with Crippen LogP contribution in [0.2, 0.25) is 0 Å². The summed E-state index contributed by atoms with van der Waals surface area (Å²) in [7, 11) is -6.45. The van der Waals surface area contributed by atoms with Gasteiger partial charge in [-0.1, -0.05) is 125 Å². The summed E-state index contributed by atoms with van der Waals surface area (Å²) in [5.74, 6) is 0. The van der Waals surface area contributed by atoms with Crippen molar-refractivity contribution < 1.29 is 37.4 Å². The van der Waals surface area contributed by atoms with Gasteiger partial charge in [-0.2, -0.15) is 5.10 Å². The van der Waals surface area contributed by atoms with Crippen LogP contribution < -0.4 is 15.9 Å². The van der Waals surface area contributed by atoms with Gasteiger partial charge in [-0.15, -0.1) is 0 Å². The topological polar surface area (TPSA) is 18.8 Å². The van der Waals surface area contributed by atoms with Crippen molar-refractivity contribution in [1.29, 1.82) is 0 Å². The Morgan fingerprint density at radius 2 is 1.04 bits per heavy atom. The molecule has 259 valence electrons. The summed E-state index contributed by atoms with van der Waals surface area (Å²) >= 11 is 0. The molecule has 5 radical (unpaired) electrons. The van der Waals surface area contributed by atoms with Gasteiger partial charge in [0.15, 0.2) is 0 Å². The molecule has 0 atom stereocenters.